The van der Waals surface area contributed by atoms with E-state index in [-0.39, 0.29) is 5.91 Å². The molecular formula is C16H20N4O2S. The molecule has 0 radical (unpaired) electrons. The van der Waals surface area contributed by atoms with Crippen molar-refractivity contribution in [1.82, 2.24) is 9.78 Å². The van der Waals surface area contributed by atoms with Crippen molar-refractivity contribution in [2.45, 2.75) is 46.1 Å². The quantitative estimate of drug-likeness (QED) is 0.901. The lowest BCUT2D eigenvalue weighted by Crippen LogP contribution is -2.19. The predicted octanol–water partition coefficient (Wildman–Crippen LogP) is 2.50. The first-order valence-corrected chi connectivity index (χ1v) is 8.63. The van der Waals surface area contributed by atoms with Crippen LogP contribution in [0.15, 0.2) is 6.07 Å². The average molecular weight is 332 g/mol. The van der Waals surface area contributed by atoms with Crippen molar-refractivity contribution in [3.05, 3.63) is 33.5 Å². The maximum atomic E-state index is 12.5. The van der Waals surface area contributed by atoms with E-state index in [0.717, 1.165) is 41.8 Å². The lowest BCUT2D eigenvalue weighted by molar-refractivity contribution is 0.100. The van der Waals surface area contributed by atoms with E-state index in [4.69, 9.17) is 5.73 Å². The molecule has 2 aromatic heterocycles. The van der Waals surface area contributed by atoms with Crippen LogP contribution in [0, 0.1) is 6.92 Å². The number of fused-ring (bicyclic) bond motifs is 1. The van der Waals surface area contributed by atoms with Gasteiger partial charge in [0.2, 0.25) is 0 Å². The largest absolute Gasteiger partial charge is 0.365 e. The maximum absolute atomic E-state index is 12.5. The second kappa shape index (κ2) is 6.16. The highest BCUT2D eigenvalue weighted by Crippen LogP contribution is 2.38. The van der Waals surface area contributed by atoms with Crippen LogP contribution in [-0.4, -0.2) is 21.6 Å². The number of rotatable bonds is 4. The number of nitrogens with two attached hydrogens (primary N) is 1. The summed E-state index contributed by atoms with van der Waals surface area (Å²) < 4.78 is 1.77. The minimum absolute atomic E-state index is 0.304. The number of amides is 2. The summed E-state index contributed by atoms with van der Waals surface area (Å²) in [5.74, 6) is -0.781. The Morgan fingerprint density at radius 1 is 1.39 bits per heavy atom. The lowest BCUT2D eigenvalue weighted by Gasteiger charge is -2.11. The number of nitrogens with zero attached hydrogens (tertiary/aromatic N) is 2. The van der Waals surface area contributed by atoms with Crippen molar-refractivity contribution in [2.24, 2.45) is 5.73 Å². The van der Waals surface area contributed by atoms with E-state index in [0.29, 0.717) is 22.8 Å². The molecule has 1 aliphatic rings. The minimum atomic E-state index is -0.477. The maximum Gasteiger partial charge on any atom is 0.276 e. The highest BCUT2D eigenvalue weighted by Gasteiger charge is 2.25. The molecule has 0 fully saturated rings. The summed E-state index contributed by atoms with van der Waals surface area (Å²) in [5.41, 5.74) is 8.32. The van der Waals surface area contributed by atoms with Crippen LogP contribution in [0.2, 0.25) is 0 Å². The van der Waals surface area contributed by atoms with Gasteiger partial charge in [-0.05, 0) is 51.2 Å². The Morgan fingerprint density at radius 2 is 2.13 bits per heavy atom. The number of carbonyl (C=O) groups excluding carboxylic acids is 2. The van der Waals surface area contributed by atoms with Gasteiger partial charge in [0.15, 0.2) is 5.69 Å². The van der Waals surface area contributed by atoms with Gasteiger partial charge < -0.3 is 11.1 Å². The Kier molecular flexibility index (Phi) is 4.21. The molecule has 7 heteroatoms. The van der Waals surface area contributed by atoms with Gasteiger partial charge in [-0.2, -0.15) is 5.10 Å². The summed E-state index contributed by atoms with van der Waals surface area (Å²) in [4.78, 5) is 25.4. The molecule has 0 bridgehead atoms. The van der Waals surface area contributed by atoms with Crippen LogP contribution in [0.5, 0.6) is 0 Å². The third kappa shape index (κ3) is 2.88. The molecule has 3 N–H and O–H groups in total. The van der Waals surface area contributed by atoms with Gasteiger partial charge in [-0.1, -0.05) is 0 Å². The standard InChI is InChI=1S/C16H20N4O2S/c1-3-20-9(2)8-11(19-20)15(22)18-16-13(14(17)21)10-6-4-5-7-12(10)23-16/h8H,3-7H2,1-2H3,(H2,17,21)(H,18,22). The number of anilines is 1. The predicted molar refractivity (Wildman–Crippen MR) is 90.1 cm³/mol. The van der Waals surface area contributed by atoms with Crippen molar-refractivity contribution in [1.29, 1.82) is 0 Å². The van der Waals surface area contributed by atoms with Crippen molar-refractivity contribution >= 4 is 28.2 Å². The molecule has 0 saturated heterocycles. The smallest absolute Gasteiger partial charge is 0.276 e. The summed E-state index contributed by atoms with van der Waals surface area (Å²) in [6.07, 6.45) is 3.96. The molecule has 0 saturated carbocycles. The molecule has 0 spiro atoms. The van der Waals surface area contributed by atoms with Gasteiger partial charge in [0.05, 0.1) is 5.56 Å². The first-order valence-electron chi connectivity index (χ1n) is 7.81. The van der Waals surface area contributed by atoms with E-state index in [1.807, 2.05) is 13.8 Å². The molecule has 2 heterocycles. The molecule has 23 heavy (non-hydrogen) atoms. The van der Waals surface area contributed by atoms with Gasteiger partial charge in [0.25, 0.3) is 11.8 Å². The van der Waals surface area contributed by atoms with E-state index in [1.165, 1.54) is 11.3 Å². The lowest BCUT2D eigenvalue weighted by atomic mass is 9.95. The number of primary amides is 1. The summed E-state index contributed by atoms with van der Waals surface area (Å²) in [5, 5.41) is 7.66. The summed E-state index contributed by atoms with van der Waals surface area (Å²) in [6.45, 7) is 4.59. The first-order chi connectivity index (χ1) is 11.0. The zero-order chi connectivity index (χ0) is 16.6. The highest BCUT2D eigenvalue weighted by molar-refractivity contribution is 7.17. The number of hydrogen-bond acceptors (Lipinski definition) is 4. The van der Waals surface area contributed by atoms with E-state index < -0.39 is 5.91 Å². The van der Waals surface area contributed by atoms with Crippen molar-refractivity contribution in [2.75, 3.05) is 5.32 Å². The highest BCUT2D eigenvalue weighted by atomic mass is 32.1. The molecule has 0 aliphatic heterocycles. The fourth-order valence-electron chi connectivity index (χ4n) is 3.02. The number of carbonyl (C=O) groups is 2. The molecule has 1 aliphatic carbocycles. The zero-order valence-electron chi connectivity index (χ0n) is 13.3. The molecule has 0 aromatic carbocycles. The van der Waals surface area contributed by atoms with Crippen molar-refractivity contribution < 1.29 is 9.59 Å². The van der Waals surface area contributed by atoms with Gasteiger partial charge in [0, 0.05) is 17.1 Å². The van der Waals surface area contributed by atoms with E-state index in [2.05, 4.69) is 10.4 Å². The monoisotopic (exact) mass is 332 g/mol. The van der Waals surface area contributed by atoms with Crippen LogP contribution in [0.25, 0.3) is 0 Å². The number of aryl methyl sites for hydroxylation is 3. The third-order valence-corrected chi connectivity index (χ3v) is 5.37. The Balaban J connectivity index is 1.91. The molecule has 3 rings (SSSR count). The molecule has 0 unspecified atom stereocenters. The molecule has 0 atom stereocenters. The van der Waals surface area contributed by atoms with Gasteiger partial charge >= 0.3 is 0 Å². The fraction of sp³-hybridized carbons (Fsp3) is 0.438. The summed E-state index contributed by atoms with van der Waals surface area (Å²) in [7, 11) is 0. The van der Waals surface area contributed by atoms with E-state index >= 15 is 0 Å². The Hall–Kier alpha value is -2.15. The second-order valence-corrected chi connectivity index (χ2v) is 6.83. The van der Waals surface area contributed by atoms with Gasteiger partial charge in [-0.3, -0.25) is 14.3 Å². The average Bonchev–Trinajstić information content (AvgIpc) is 3.06. The fourth-order valence-corrected chi connectivity index (χ4v) is 4.31. The summed E-state index contributed by atoms with van der Waals surface area (Å²) in [6, 6.07) is 1.75. The molecule has 6 nitrogen and oxygen atoms in total. The van der Waals surface area contributed by atoms with Crippen molar-refractivity contribution in [3.8, 4) is 0 Å². The Labute approximate surface area is 138 Å². The van der Waals surface area contributed by atoms with Crippen LogP contribution >= 0.6 is 11.3 Å². The Morgan fingerprint density at radius 3 is 2.78 bits per heavy atom. The van der Waals surface area contributed by atoms with E-state index in [9.17, 15) is 9.59 Å². The first kappa shape index (κ1) is 15.7. The minimum Gasteiger partial charge on any atom is -0.365 e. The van der Waals surface area contributed by atoms with E-state index in [1.54, 1.807) is 10.7 Å². The number of hydrogen-bond donors (Lipinski definition) is 2. The van der Waals surface area contributed by atoms with Gasteiger partial charge in [-0.15, -0.1) is 11.3 Å². The zero-order valence-corrected chi connectivity index (χ0v) is 14.1. The molecular weight excluding hydrogens is 312 g/mol. The van der Waals surface area contributed by atoms with Crippen LogP contribution in [0.3, 0.4) is 0 Å². The Bertz CT molecular complexity index is 775. The van der Waals surface area contributed by atoms with Crippen LogP contribution in [-0.2, 0) is 19.4 Å². The van der Waals surface area contributed by atoms with Crippen LogP contribution < -0.4 is 11.1 Å². The molecule has 122 valence electrons. The summed E-state index contributed by atoms with van der Waals surface area (Å²) >= 11 is 1.46. The second-order valence-electron chi connectivity index (χ2n) is 5.72. The SMILES string of the molecule is CCn1nc(C(=O)Nc2sc3c(c2C(N)=O)CCCC3)cc1C. The van der Waals surface area contributed by atoms with Crippen LogP contribution in [0.4, 0.5) is 5.00 Å². The van der Waals surface area contributed by atoms with Crippen molar-refractivity contribution in [3.63, 3.8) is 0 Å². The number of nitrogens with one attached hydrogen (secondary N) is 1. The van der Waals surface area contributed by atoms with Gasteiger partial charge in [0.1, 0.15) is 5.00 Å². The normalized spacial score (nSPS) is 13.7. The topological polar surface area (TPSA) is 90.0 Å². The number of thiophene rings is 1. The van der Waals surface area contributed by atoms with Crippen LogP contribution in [0.1, 0.15) is 56.7 Å². The van der Waals surface area contributed by atoms with Gasteiger partial charge in [-0.25, -0.2) is 0 Å². The number of aromatic nitrogens is 2. The third-order valence-electron chi connectivity index (χ3n) is 4.16. The molecule has 2 aromatic rings. The molecule has 2 amide bonds.